The molecule has 2 aromatic rings. The number of carbonyl (C=O) groups is 2. The Balaban J connectivity index is 2.14. The summed E-state index contributed by atoms with van der Waals surface area (Å²) in [4.78, 5) is 21.8. The molecule has 0 heterocycles. The Kier molecular flexibility index (Phi) is 5.74. The first-order valence-corrected chi connectivity index (χ1v) is 8.36. The van der Waals surface area contributed by atoms with E-state index in [9.17, 15) is 9.59 Å². The average molecular weight is 397 g/mol. The number of methoxy groups -OCH3 is 1. The Hall–Kier alpha value is -1.89. The molecule has 0 aromatic heterocycles. The minimum atomic E-state index is -0.403. The Morgan fingerprint density at radius 2 is 1.86 bits per heavy atom. The molecule has 0 aliphatic rings. The number of benzene rings is 2. The number of hydrogen-bond donors (Lipinski definition) is 0. The van der Waals surface area contributed by atoms with Crippen LogP contribution < -0.4 is 21.2 Å². The topological polar surface area (TPSA) is 52.6 Å². The standard InChI is InChI=1S/C16H14IO4/c1-20-16(19)13-5-3-7-15(9-13)17-14-6-2-4-12(8-14)10-21-11-18/h2-9,11H,10H2,1H3/q-1. The van der Waals surface area contributed by atoms with E-state index in [0.29, 0.717) is 12.0 Å². The molecular formula is C16H14IO4-. The van der Waals surface area contributed by atoms with Crippen LogP contribution in [0.5, 0.6) is 0 Å². The molecule has 0 aliphatic heterocycles. The number of esters is 1. The normalized spacial score (nSPS) is 10.1. The fourth-order valence-electron chi connectivity index (χ4n) is 1.73. The molecule has 4 nitrogen and oxygen atoms in total. The predicted octanol–water partition coefficient (Wildman–Crippen LogP) is -0.725. The monoisotopic (exact) mass is 397 g/mol. The van der Waals surface area contributed by atoms with Gasteiger partial charge in [-0.05, 0) is 0 Å². The van der Waals surface area contributed by atoms with E-state index >= 15 is 0 Å². The molecule has 0 saturated carbocycles. The van der Waals surface area contributed by atoms with Crippen LogP contribution >= 0.6 is 0 Å². The molecule has 0 amide bonds. The summed E-state index contributed by atoms with van der Waals surface area (Å²) in [5, 5.41) is 0. The summed E-state index contributed by atoms with van der Waals surface area (Å²) in [5.41, 5.74) is 1.53. The van der Waals surface area contributed by atoms with Gasteiger partial charge in [0.25, 0.3) is 0 Å². The first kappa shape index (κ1) is 15.5. The third-order valence-corrected chi connectivity index (χ3v) is 5.26. The van der Waals surface area contributed by atoms with Gasteiger partial charge in [0.1, 0.15) is 0 Å². The van der Waals surface area contributed by atoms with Crippen LogP contribution in [-0.4, -0.2) is 19.6 Å². The summed E-state index contributed by atoms with van der Waals surface area (Å²) in [6.45, 7) is 0.727. The van der Waals surface area contributed by atoms with Crippen molar-refractivity contribution < 1.29 is 40.3 Å². The quantitative estimate of drug-likeness (QED) is 0.367. The van der Waals surface area contributed by atoms with E-state index in [2.05, 4.69) is 0 Å². The number of ether oxygens (including phenoxy) is 2. The molecule has 0 aliphatic carbocycles. The Labute approximate surface area is 133 Å². The number of hydrogen-bond acceptors (Lipinski definition) is 4. The molecule has 0 spiro atoms. The molecule has 0 atom stereocenters. The molecule has 0 N–H and O–H groups in total. The second kappa shape index (κ2) is 7.78. The van der Waals surface area contributed by atoms with Crippen LogP contribution in [0.25, 0.3) is 0 Å². The maximum atomic E-state index is 11.5. The second-order valence-electron chi connectivity index (χ2n) is 4.13. The summed E-state index contributed by atoms with van der Waals surface area (Å²) in [5.74, 6) is -0.325. The van der Waals surface area contributed by atoms with E-state index in [-0.39, 0.29) is 12.6 Å². The van der Waals surface area contributed by atoms with Gasteiger partial charge in [0.05, 0.1) is 0 Å². The number of rotatable bonds is 6. The van der Waals surface area contributed by atoms with E-state index in [1.165, 1.54) is 10.7 Å². The zero-order valence-electron chi connectivity index (χ0n) is 11.4. The van der Waals surface area contributed by atoms with Crippen molar-refractivity contribution in [3.63, 3.8) is 0 Å². The Bertz CT molecular complexity index is 640. The molecule has 110 valence electrons. The SMILES string of the molecule is COC(=O)c1cccc([I-]c2cccc(COC=O)c2)c1. The maximum absolute atomic E-state index is 11.5. The summed E-state index contributed by atoms with van der Waals surface area (Å²) in [6.07, 6.45) is 0. The number of halogens is 1. The van der Waals surface area contributed by atoms with Crippen LogP contribution in [-0.2, 0) is 20.9 Å². The molecule has 0 unspecified atom stereocenters. The van der Waals surface area contributed by atoms with Gasteiger partial charge in [0.15, 0.2) is 0 Å². The third kappa shape index (κ3) is 4.56. The predicted molar refractivity (Wildman–Crippen MR) is 72.5 cm³/mol. The zero-order chi connectivity index (χ0) is 15.1. The molecule has 0 saturated heterocycles. The van der Waals surface area contributed by atoms with E-state index in [4.69, 9.17) is 9.47 Å². The summed E-state index contributed by atoms with van der Waals surface area (Å²) in [7, 11) is 1.38. The molecule has 21 heavy (non-hydrogen) atoms. The summed E-state index contributed by atoms with van der Waals surface area (Å²) >= 11 is -0.403. The molecular weight excluding hydrogens is 383 g/mol. The fourth-order valence-corrected chi connectivity index (χ4v) is 4.27. The van der Waals surface area contributed by atoms with Crippen molar-refractivity contribution in [3.8, 4) is 0 Å². The Morgan fingerprint density at radius 1 is 1.14 bits per heavy atom. The van der Waals surface area contributed by atoms with Gasteiger partial charge in [-0.15, -0.1) is 0 Å². The van der Waals surface area contributed by atoms with E-state index in [1.54, 1.807) is 6.07 Å². The van der Waals surface area contributed by atoms with E-state index < -0.39 is 21.2 Å². The van der Waals surface area contributed by atoms with Crippen molar-refractivity contribution in [2.45, 2.75) is 6.61 Å². The van der Waals surface area contributed by atoms with Crippen molar-refractivity contribution in [3.05, 3.63) is 66.8 Å². The first-order chi connectivity index (χ1) is 10.2. The molecule has 2 rings (SSSR count). The van der Waals surface area contributed by atoms with Gasteiger partial charge < -0.3 is 0 Å². The van der Waals surface area contributed by atoms with Crippen LogP contribution in [0, 0.1) is 7.14 Å². The summed E-state index contributed by atoms with van der Waals surface area (Å²) in [6, 6.07) is 15.4. The summed E-state index contributed by atoms with van der Waals surface area (Å²) < 4.78 is 11.8. The molecule has 2 aromatic carbocycles. The van der Waals surface area contributed by atoms with Gasteiger partial charge in [-0.2, -0.15) is 0 Å². The zero-order valence-corrected chi connectivity index (χ0v) is 13.6. The van der Waals surface area contributed by atoms with Gasteiger partial charge in [0.2, 0.25) is 0 Å². The minimum absolute atomic E-state index is 0.281. The van der Waals surface area contributed by atoms with Crippen LogP contribution in [0.1, 0.15) is 15.9 Å². The fraction of sp³-hybridized carbons (Fsp3) is 0.125. The molecule has 0 radical (unpaired) electrons. The van der Waals surface area contributed by atoms with Crippen molar-refractivity contribution >= 4 is 12.4 Å². The van der Waals surface area contributed by atoms with E-state index in [0.717, 1.165) is 9.13 Å². The van der Waals surface area contributed by atoms with Crippen molar-refractivity contribution in [1.82, 2.24) is 0 Å². The Morgan fingerprint density at radius 3 is 2.57 bits per heavy atom. The van der Waals surface area contributed by atoms with E-state index in [1.807, 2.05) is 42.5 Å². The van der Waals surface area contributed by atoms with Gasteiger partial charge in [-0.25, -0.2) is 0 Å². The van der Waals surface area contributed by atoms with Crippen molar-refractivity contribution in [2.24, 2.45) is 0 Å². The molecule has 0 bridgehead atoms. The van der Waals surface area contributed by atoms with Gasteiger partial charge in [0, 0.05) is 0 Å². The first-order valence-electron chi connectivity index (χ1n) is 6.20. The van der Waals surface area contributed by atoms with Crippen LogP contribution in [0.3, 0.4) is 0 Å². The van der Waals surface area contributed by atoms with Crippen molar-refractivity contribution in [2.75, 3.05) is 7.11 Å². The molecule has 5 heteroatoms. The third-order valence-electron chi connectivity index (χ3n) is 2.67. The van der Waals surface area contributed by atoms with Gasteiger partial charge in [-0.1, -0.05) is 0 Å². The van der Waals surface area contributed by atoms with Gasteiger partial charge >= 0.3 is 133 Å². The van der Waals surface area contributed by atoms with Crippen LogP contribution in [0.15, 0.2) is 48.5 Å². The van der Waals surface area contributed by atoms with Crippen molar-refractivity contribution in [1.29, 1.82) is 0 Å². The van der Waals surface area contributed by atoms with Crippen LogP contribution in [0.4, 0.5) is 0 Å². The second-order valence-corrected chi connectivity index (χ2v) is 7.16. The molecule has 0 fully saturated rings. The van der Waals surface area contributed by atoms with Gasteiger partial charge in [-0.3, -0.25) is 0 Å². The van der Waals surface area contributed by atoms with Crippen LogP contribution in [0.2, 0.25) is 0 Å². The average Bonchev–Trinajstić information content (AvgIpc) is 2.53. The number of carbonyl (C=O) groups excluding carboxylic acids is 2.